The second kappa shape index (κ2) is 7.71. The zero-order valence-electron chi connectivity index (χ0n) is 18.1. The Morgan fingerprint density at radius 1 is 0.969 bits per heavy atom. The molecule has 1 aromatic heterocycles. The van der Waals surface area contributed by atoms with E-state index < -0.39 is 5.66 Å². The van der Waals surface area contributed by atoms with Crippen LogP contribution in [0.2, 0.25) is 5.02 Å². The first-order valence-corrected chi connectivity index (χ1v) is 11.2. The van der Waals surface area contributed by atoms with Gasteiger partial charge in [-0.25, -0.2) is 0 Å². The van der Waals surface area contributed by atoms with Gasteiger partial charge in [-0.2, -0.15) is 0 Å². The Morgan fingerprint density at radius 2 is 1.66 bits per heavy atom. The first-order valence-electron chi connectivity index (χ1n) is 10.8. The summed E-state index contributed by atoms with van der Waals surface area (Å²) < 4.78 is 2.11. The van der Waals surface area contributed by atoms with Gasteiger partial charge in [-0.1, -0.05) is 23.7 Å². The van der Waals surface area contributed by atoms with Gasteiger partial charge in [0.25, 0.3) is 11.8 Å². The van der Waals surface area contributed by atoms with Crippen molar-refractivity contribution in [2.75, 3.05) is 18.4 Å². The van der Waals surface area contributed by atoms with Crippen molar-refractivity contribution >= 4 is 29.1 Å². The van der Waals surface area contributed by atoms with Crippen molar-refractivity contribution in [1.82, 2.24) is 14.8 Å². The summed E-state index contributed by atoms with van der Waals surface area (Å²) in [7, 11) is 0. The van der Waals surface area contributed by atoms with Crippen LogP contribution >= 0.6 is 11.6 Å². The molecule has 0 saturated carbocycles. The number of fused-ring (bicyclic) bond motifs is 1. The molecule has 0 radical (unpaired) electrons. The van der Waals surface area contributed by atoms with E-state index in [9.17, 15) is 9.59 Å². The summed E-state index contributed by atoms with van der Waals surface area (Å²) >= 11 is 6.55. The Kier molecular flexibility index (Phi) is 4.97. The maximum Gasteiger partial charge on any atom is 0.255 e. The monoisotopic (exact) mass is 448 g/mol. The predicted octanol–water partition coefficient (Wildman–Crippen LogP) is 4.54. The number of likely N-dealkylation sites (tertiary alicyclic amines) is 1. The van der Waals surface area contributed by atoms with E-state index in [0.29, 0.717) is 42.1 Å². The molecule has 7 heteroatoms. The molecule has 2 N–H and O–H groups in total. The largest absolute Gasteiger partial charge is 0.362 e. The Labute approximate surface area is 192 Å². The normalized spacial score (nSPS) is 17.0. The molecule has 5 rings (SSSR count). The van der Waals surface area contributed by atoms with Gasteiger partial charge in [0.15, 0.2) is 0 Å². The molecule has 3 aromatic rings. The van der Waals surface area contributed by atoms with Gasteiger partial charge in [0, 0.05) is 48.7 Å². The van der Waals surface area contributed by atoms with Gasteiger partial charge in [0.2, 0.25) is 0 Å². The number of amides is 2. The summed E-state index contributed by atoms with van der Waals surface area (Å²) in [6.07, 6.45) is 1.24. The number of aromatic nitrogens is 1. The second-order valence-electron chi connectivity index (χ2n) is 8.61. The number of benzene rings is 2. The van der Waals surface area contributed by atoms with Crippen LogP contribution in [0.15, 0.2) is 54.6 Å². The third-order valence-corrected chi connectivity index (χ3v) is 6.83. The van der Waals surface area contributed by atoms with Crippen LogP contribution in [0.5, 0.6) is 0 Å². The molecule has 164 valence electrons. The topological polar surface area (TPSA) is 66.4 Å². The molecule has 0 bridgehead atoms. The maximum atomic E-state index is 13.2. The lowest BCUT2D eigenvalue weighted by Crippen LogP contribution is -2.62. The SMILES string of the molecule is Cc1ccc(C)n1-c1ccc(C(=O)N2CCC3(CC2)NC(=O)c2ccccc2N3)c(Cl)c1. The highest BCUT2D eigenvalue weighted by Crippen LogP contribution is 2.32. The molecule has 1 fully saturated rings. The van der Waals surface area contributed by atoms with Crippen LogP contribution in [0.25, 0.3) is 5.69 Å². The van der Waals surface area contributed by atoms with Crippen molar-refractivity contribution in [3.8, 4) is 5.69 Å². The number of halogens is 1. The zero-order valence-corrected chi connectivity index (χ0v) is 18.9. The molecule has 1 spiro atoms. The fourth-order valence-corrected chi connectivity index (χ4v) is 5.02. The van der Waals surface area contributed by atoms with Crippen molar-refractivity contribution in [3.63, 3.8) is 0 Å². The van der Waals surface area contributed by atoms with E-state index in [0.717, 1.165) is 22.8 Å². The molecule has 2 amide bonds. The molecular weight excluding hydrogens is 424 g/mol. The Morgan fingerprint density at radius 3 is 2.34 bits per heavy atom. The quantitative estimate of drug-likeness (QED) is 0.605. The number of carbonyl (C=O) groups is 2. The highest BCUT2D eigenvalue weighted by Gasteiger charge is 2.41. The fraction of sp³-hybridized carbons (Fsp3) is 0.280. The minimum atomic E-state index is -0.528. The molecule has 6 nitrogen and oxygen atoms in total. The number of rotatable bonds is 2. The van der Waals surface area contributed by atoms with E-state index in [-0.39, 0.29) is 11.8 Å². The molecular formula is C25H25ClN4O2. The Bertz CT molecular complexity index is 1200. The number of para-hydroxylation sites is 1. The number of hydrogen-bond donors (Lipinski definition) is 2. The average Bonchev–Trinajstić information content (AvgIpc) is 3.11. The number of hydrogen-bond acceptors (Lipinski definition) is 3. The maximum absolute atomic E-state index is 13.2. The van der Waals surface area contributed by atoms with Crippen molar-refractivity contribution in [3.05, 3.63) is 82.1 Å². The van der Waals surface area contributed by atoms with Gasteiger partial charge >= 0.3 is 0 Å². The molecule has 2 aliphatic rings. The lowest BCUT2D eigenvalue weighted by molar-refractivity contribution is 0.0640. The van der Waals surface area contributed by atoms with Gasteiger partial charge in [-0.15, -0.1) is 0 Å². The molecule has 0 aliphatic carbocycles. The lowest BCUT2D eigenvalue weighted by Gasteiger charge is -2.45. The molecule has 3 heterocycles. The van der Waals surface area contributed by atoms with Crippen LogP contribution in [0, 0.1) is 13.8 Å². The molecule has 0 unspecified atom stereocenters. The fourth-order valence-electron chi connectivity index (χ4n) is 4.77. The molecule has 32 heavy (non-hydrogen) atoms. The van der Waals surface area contributed by atoms with Crippen LogP contribution in [0.4, 0.5) is 5.69 Å². The van der Waals surface area contributed by atoms with Crippen molar-refractivity contribution in [1.29, 1.82) is 0 Å². The standard InChI is InChI=1S/C25H25ClN4O2/c1-16-7-8-17(2)30(16)18-9-10-19(21(26)15-18)24(32)29-13-11-25(12-14-29)27-22-6-4-3-5-20(22)23(31)28-25/h3-10,15,27H,11-14H2,1-2H3,(H,28,31). The minimum Gasteiger partial charge on any atom is -0.362 e. The number of piperidine rings is 1. The predicted molar refractivity (Wildman–Crippen MR) is 126 cm³/mol. The first-order chi connectivity index (χ1) is 15.4. The molecule has 0 atom stereocenters. The van der Waals surface area contributed by atoms with Crippen LogP contribution < -0.4 is 10.6 Å². The third kappa shape index (κ3) is 3.45. The minimum absolute atomic E-state index is 0.0756. The van der Waals surface area contributed by atoms with Gasteiger partial charge < -0.3 is 20.1 Å². The Balaban J connectivity index is 1.32. The zero-order chi connectivity index (χ0) is 22.5. The number of nitrogens with zero attached hydrogens (tertiary/aromatic N) is 2. The lowest BCUT2D eigenvalue weighted by atomic mass is 9.92. The van der Waals surface area contributed by atoms with E-state index >= 15 is 0 Å². The van der Waals surface area contributed by atoms with Gasteiger partial charge in [0.1, 0.15) is 5.66 Å². The number of aryl methyl sites for hydroxylation is 2. The van der Waals surface area contributed by atoms with Crippen LogP contribution in [0.1, 0.15) is 44.9 Å². The summed E-state index contributed by atoms with van der Waals surface area (Å²) in [6.45, 7) is 5.14. The second-order valence-corrected chi connectivity index (χ2v) is 9.02. The van der Waals surface area contributed by atoms with Crippen LogP contribution in [0.3, 0.4) is 0 Å². The first kappa shape index (κ1) is 20.6. The highest BCUT2D eigenvalue weighted by atomic mass is 35.5. The summed E-state index contributed by atoms with van der Waals surface area (Å²) in [4.78, 5) is 27.6. The van der Waals surface area contributed by atoms with E-state index in [1.807, 2.05) is 55.1 Å². The summed E-state index contributed by atoms with van der Waals surface area (Å²) in [5, 5.41) is 7.05. The molecule has 2 aliphatic heterocycles. The van der Waals surface area contributed by atoms with Gasteiger partial charge in [-0.05, 0) is 56.3 Å². The van der Waals surface area contributed by atoms with E-state index in [1.54, 1.807) is 6.07 Å². The van der Waals surface area contributed by atoms with E-state index in [4.69, 9.17) is 11.6 Å². The van der Waals surface area contributed by atoms with Crippen LogP contribution in [-0.2, 0) is 0 Å². The summed E-state index contributed by atoms with van der Waals surface area (Å²) in [5.41, 5.74) is 4.63. The summed E-state index contributed by atoms with van der Waals surface area (Å²) in [5.74, 6) is -0.159. The average molecular weight is 449 g/mol. The number of carbonyl (C=O) groups excluding carboxylic acids is 2. The molecule has 1 saturated heterocycles. The third-order valence-electron chi connectivity index (χ3n) is 6.52. The Hall–Kier alpha value is -3.25. The van der Waals surface area contributed by atoms with Gasteiger partial charge in [0.05, 0.1) is 16.1 Å². The number of anilines is 1. The highest BCUT2D eigenvalue weighted by molar-refractivity contribution is 6.34. The van der Waals surface area contributed by atoms with Gasteiger partial charge in [-0.3, -0.25) is 9.59 Å². The van der Waals surface area contributed by atoms with Crippen molar-refractivity contribution in [2.45, 2.75) is 32.4 Å². The number of nitrogens with one attached hydrogen (secondary N) is 2. The summed E-state index contributed by atoms with van der Waals surface area (Å²) in [6, 6.07) is 17.2. The van der Waals surface area contributed by atoms with Crippen molar-refractivity contribution in [2.24, 2.45) is 0 Å². The van der Waals surface area contributed by atoms with E-state index in [2.05, 4.69) is 27.3 Å². The molecule has 2 aromatic carbocycles. The van der Waals surface area contributed by atoms with Crippen LogP contribution in [-0.4, -0.2) is 40.0 Å². The van der Waals surface area contributed by atoms with Crippen molar-refractivity contribution < 1.29 is 9.59 Å². The smallest absolute Gasteiger partial charge is 0.255 e. The van der Waals surface area contributed by atoms with E-state index in [1.165, 1.54) is 0 Å².